The van der Waals surface area contributed by atoms with Gasteiger partial charge in [-0.3, -0.25) is 10.0 Å². The van der Waals surface area contributed by atoms with Crippen molar-refractivity contribution in [2.45, 2.75) is 24.8 Å². The third-order valence-corrected chi connectivity index (χ3v) is 4.41. The molecule has 2 aromatic rings. The Hall–Kier alpha value is -1.84. The van der Waals surface area contributed by atoms with Crippen LogP contribution in [0.3, 0.4) is 0 Å². The fourth-order valence-electron chi connectivity index (χ4n) is 2.93. The number of carbonyl (C=O) groups excluding carboxylic acids is 1. The fraction of sp³-hybridized carbons (Fsp3) is 0.235. The van der Waals surface area contributed by atoms with Crippen LogP contribution < -0.4 is 0 Å². The molecule has 21 heavy (non-hydrogen) atoms. The molecule has 0 aliphatic carbocycles. The van der Waals surface area contributed by atoms with Crippen LogP contribution in [0.25, 0.3) is 0 Å². The highest BCUT2D eigenvalue weighted by Gasteiger charge is 2.40. The van der Waals surface area contributed by atoms with Crippen molar-refractivity contribution in [3.8, 4) is 0 Å². The van der Waals surface area contributed by atoms with Crippen LogP contribution in [-0.2, 0) is 11.2 Å². The second kappa shape index (κ2) is 5.88. The molecule has 2 atom stereocenters. The summed E-state index contributed by atoms with van der Waals surface area (Å²) in [5.41, 5.74) is 2.01. The van der Waals surface area contributed by atoms with Gasteiger partial charge in [-0.2, -0.15) is 0 Å². The number of halogens is 1. The molecule has 1 saturated heterocycles. The average molecular weight is 302 g/mol. The van der Waals surface area contributed by atoms with Gasteiger partial charge in [0.05, 0.1) is 6.04 Å². The van der Waals surface area contributed by atoms with Gasteiger partial charge in [-0.25, -0.2) is 5.06 Å². The zero-order valence-corrected chi connectivity index (χ0v) is 12.2. The quantitative estimate of drug-likeness (QED) is 0.879. The van der Waals surface area contributed by atoms with Crippen molar-refractivity contribution in [1.82, 2.24) is 5.06 Å². The maximum atomic E-state index is 11.9. The molecule has 1 aliphatic rings. The molecule has 0 spiro atoms. The van der Waals surface area contributed by atoms with Crippen molar-refractivity contribution in [3.63, 3.8) is 0 Å². The summed E-state index contributed by atoms with van der Waals surface area (Å²) >= 11 is 6.20. The van der Waals surface area contributed by atoms with Crippen molar-refractivity contribution < 1.29 is 10.0 Å². The van der Waals surface area contributed by atoms with Crippen LogP contribution >= 0.6 is 11.6 Å². The Morgan fingerprint density at radius 2 is 1.76 bits per heavy atom. The van der Waals surface area contributed by atoms with Crippen LogP contribution in [0.4, 0.5) is 0 Å². The molecule has 0 saturated carbocycles. The maximum absolute atomic E-state index is 11.9. The summed E-state index contributed by atoms with van der Waals surface area (Å²) in [5, 5.41) is 11.6. The first kappa shape index (κ1) is 14.1. The fourth-order valence-corrected chi connectivity index (χ4v) is 3.14. The maximum Gasteiger partial charge on any atom is 0.246 e. The molecule has 0 aromatic heterocycles. The summed E-state index contributed by atoms with van der Waals surface area (Å²) in [6.45, 7) is 0. The first-order valence-corrected chi connectivity index (χ1v) is 7.34. The highest BCUT2D eigenvalue weighted by molar-refractivity contribution is 6.31. The largest absolute Gasteiger partial charge is 0.286 e. The Kier molecular flexibility index (Phi) is 3.95. The van der Waals surface area contributed by atoms with Gasteiger partial charge in [0, 0.05) is 17.4 Å². The first-order chi connectivity index (χ1) is 10.2. The third kappa shape index (κ3) is 2.80. The molecule has 1 fully saturated rings. The number of carbonyl (C=O) groups is 1. The Morgan fingerprint density at radius 1 is 1.10 bits per heavy atom. The van der Waals surface area contributed by atoms with Gasteiger partial charge in [-0.15, -0.1) is 0 Å². The van der Waals surface area contributed by atoms with E-state index < -0.39 is 0 Å². The van der Waals surface area contributed by atoms with Gasteiger partial charge in [0.15, 0.2) is 0 Å². The average Bonchev–Trinajstić information content (AvgIpc) is 2.79. The monoisotopic (exact) mass is 301 g/mol. The molecule has 1 heterocycles. The van der Waals surface area contributed by atoms with Crippen LogP contribution in [0.5, 0.6) is 0 Å². The van der Waals surface area contributed by atoms with E-state index in [0.29, 0.717) is 17.9 Å². The second-order valence-corrected chi connectivity index (χ2v) is 5.73. The van der Waals surface area contributed by atoms with Crippen LogP contribution in [-0.4, -0.2) is 22.2 Å². The molecule has 0 unspecified atom stereocenters. The number of hydrogen-bond acceptors (Lipinski definition) is 2. The number of nitrogens with zero attached hydrogens (tertiary/aromatic N) is 1. The minimum Gasteiger partial charge on any atom is -0.286 e. The lowest BCUT2D eigenvalue weighted by molar-refractivity contribution is -0.165. The normalized spacial score (nSPS) is 21.8. The van der Waals surface area contributed by atoms with Crippen LogP contribution in [0.2, 0.25) is 5.02 Å². The highest BCUT2D eigenvalue weighted by Crippen LogP contribution is 2.36. The van der Waals surface area contributed by atoms with Gasteiger partial charge < -0.3 is 0 Å². The van der Waals surface area contributed by atoms with E-state index in [1.165, 1.54) is 0 Å². The van der Waals surface area contributed by atoms with Crippen LogP contribution in [0, 0.1) is 0 Å². The summed E-state index contributed by atoms with van der Waals surface area (Å²) in [4.78, 5) is 11.9. The van der Waals surface area contributed by atoms with Gasteiger partial charge in [-0.05, 0) is 23.6 Å². The molecule has 0 radical (unpaired) electrons. The SMILES string of the molecule is O=C1C[C@H](c2ccccc2)[C@@H](Cc2ccccc2Cl)N1O. The minimum absolute atomic E-state index is 0.0139. The summed E-state index contributed by atoms with van der Waals surface area (Å²) in [7, 11) is 0. The molecular formula is C17H16ClNO2. The van der Waals surface area contributed by atoms with E-state index in [9.17, 15) is 10.0 Å². The lowest BCUT2D eigenvalue weighted by atomic mass is 9.88. The minimum atomic E-state index is -0.278. The van der Waals surface area contributed by atoms with Crippen molar-refractivity contribution in [2.24, 2.45) is 0 Å². The standard InChI is InChI=1S/C17H16ClNO2/c18-15-9-5-4-8-13(15)10-16-14(11-17(20)19(16)21)12-6-2-1-3-7-12/h1-9,14,16,21H,10-11H2/t14-,16-/m1/s1. The van der Waals surface area contributed by atoms with Gasteiger partial charge in [-0.1, -0.05) is 60.1 Å². The van der Waals surface area contributed by atoms with Crippen LogP contribution in [0.1, 0.15) is 23.5 Å². The molecule has 3 nitrogen and oxygen atoms in total. The molecule has 1 N–H and O–H groups in total. The van der Waals surface area contributed by atoms with E-state index in [-0.39, 0.29) is 17.9 Å². The molecule has 0 bridgehead atoms. The van der Waals surface area contributed by atoms with Gasteiger partial charge >= 0.3 is 0 Å². The predicted molar refractivity (Wildman–Crippen MR) is 81.4 cm³/mol. The van der Waals surface area contributed by atoms with Gasteiger partial charge in [0.1, 0.15) is 0 Å². The zero-order chi connectivity index (χ0) is 14.8. The highest BCUT2D eigenvalue weighted by atomic mass is 35.5. The summed E-state index contributed by atoms with van der Waals surface area (Å²) in [5.74, 6) is -0.249. The smallest absolute Gasteiger partial charge is 0.246 e. The molecule has 1 amide bonds. The number of hydrogen-bond donors (Lipinski definition) is 1. The zero-order valence-electron chi connectivity index (χ0n) is 11.4. The van der Waals surface area contributed by atoms with Crippen molar-refractivity contribution in [3.05, 3.63) is 70.7 Å². The number of benzene rings is 2. The molecule has 1 aliphatic heterocycles. The van der Waals surface area contributed by atoms with Crippen molar-refractivity contribution in [1.29, 1.82) is 0 Å². The Bertz CT molecular complexity index is 644. The molecule has 4 heteroatoms. The summed E-state index contributed by atoms with van der Waals surface area (Å²) < 4.78 is 0. The van der Waals surface area contributed by atoms with Crippen molar-refractivity contribution >= 4 is 17.5 Å². The van der Waals surface area contributed by atoms with Crippen molar-refractivity contribution in [2.75, 3.05) is 0 Å². The first-order valence-electron chi connectivity index (χ1n) is 6.96. The Labute approximate surface area is 128 Å². The molecular weight excluding hydrogens is 286 g/mol. The van der Waals surface area contributed by atoms with E-state index in [2.05, 4.69) is 0 Å². The predicted octanol–water partition coefficient (Wildman–Crippen LogP) is 3.66. The lowest BCUT2D eigenvalue weighted by Crippen LogP contribution is -2.33. The summed E-state index contributed by atoms with van der Waals surface area (Å²) in [6, 6.07) is 17.1. The topological polar surface area (TPSA) is 40.5 Å². The number of amides is 1. The Balaban J connectivity index is 1.90. The summed E-state index contributed by atoms with van der Waals surface area (Å²) in [6.07, 6.45) is 0.872. The second-order valence-electron chi connectivity index (χ2n) is 5.32. The van der Waals surface area contributed by atoms with Gasteiger partial charge in [0.25, 0.3) is 0 Å². The van der Waals surface area contributed by atoms with E-state index in [1.807, 2.05) is 54.6 Å². The van der Waals surface area contributed by atoms with E-state index >= 15 is 0 Å². The van der Waals surface area contributed by atoms with E-state index in [0.717, 1.165) is 16.2 Å². The number of hydroxylamine groups is 2. The molecule has 108 valence electrons. The van der Waals surface area contributed by atoms with E-state index in [1.54, 1.807) is 0 Å². The third-order valence-electron chi connectivity index (χ3n) is 4.04. The number of rotatable bonds is 3. The molecule has 2 aromatic carbocycles. The molecule has 3 rings (SSSR count). The van der Waals surface area contributed by atoms with Crippen LogP contribution in [0.15, 0.2) is 54.6 Å². The Morgan fingerprint density at radius 3 is 2.48 bits per heavy atom. The van der Waals surface area contributed by atoms with Gasteiger partial charge in [0.2, 0.25) is 5.91 Å². The lowest BCUT2D eigenvalue weighted by Gasteiger charge is -2.24. The van der Waals surface area contributed by atoms with E-state index in [4.69, 9.17) is 11.6 Å².